The number of rotatable bonds is 7. The van der Waals surface area contributed by atoms with Gasteiger partial charge in [0.2, 0.25) is 5.89 Å². The molecular weight excluding hydrogens is 529 g/mol. The fraction of sp³-hybridized carbons (Fsp3) is 0.0800. The van der Waals surface area contributed by atoms with Gasteiger partial charge in [0.25, 0.3) is 5.91 Å². The molecule has 0 spiro atoms. The zero-order chi connectivity index (χ0) is 27.1. The molecule has 0 unspecified atom stereocenters. The van der Waals surface area contributed by atoms with Gasteiger partial charge in [-0.3, -0.25) is 14.9 Å². The highest BCUT2D eigenvalue weighted by atomic mass is 32.1. The number of anilines is 1. The molecule has 14 heteroatoms. The van der Waals surface area contributed by atoms with Crippen LogP contribution in [-0.4, -0.2) is 42.7 Å². The molecule has 0 aliphatic carbocycles. The second kappa shape index (κ2) is 9.66. The number of thiophene rings is 1. The molecule has 12 nitrogen and oxygen atoms in total. The number of oxazole rings is 1. The molecule has 0 aliphatic heterocycles. The monoisotopic (exact) mass is 545 g/mol. The number of carbonyl (C=O) groups excluding carboxylic acids is 1. The number of benzene rings is 2. The highest BCUT2D eigenvalue weighted by molar-refractivity contribution is 7.17. The van der Waals surface area contributed by atoms with Crippen molar-refractivity contribution in [3.63, 3.8) is 0 Å². The average Bonchev–Trinajstić information content (AvgIpc) is 3.66. The summed E-state index contributed by atoms with van der Waals surface area (Å²) in [4.78, 5) is 37.3. The summed E-state index contributed by atoms with van der Waals surface area (Å²) >= 11 is 0.740. The predicted octanol–water partition coefficient (Wildman–Crippen LogP) is 5.13. The molecule has 0 atom stereocenters. The van der Waals surface area contributed by atoms with E-state index in [2.05, 4.69) is 25.4 Å². The van der Waals surface area contributed by atoms with Crippen molar-refractivity contribution in [1.29, 1.82) is 0 Å². The summed E-state index contributed by atoms with van der Waals surface area (Å²) in [6.07, 6.45) is 1.45. The molecule has 0 radical (unpaired) electrons. The number of ether oxygens (including phenoxy) is 1. The number of nitro groups is 1. The summed E-state index contributed by atoms with van der Waals surface area (Å²) in [5.74, 6) is -0.288. The van der Waals surface area contributed by atoms with Crippen LogP contribution in [0.4, 0.5) is 15.2 Å². The Morgan fingerprint density at radius 3 is 2.82 bits per heavy atom. The van der Waals surface area contributed by atoms with Crippen molar-refractivity contribution >= 4 is 50.2 Å². The van der Waals surface area contributed by atoms with Gasteiger partial charge in [0.1, 0.15) is 23.8 Å². The molecule has 0 bridgehead atoms. The van der Waals surface area contributed by atoms with E-state index in [-0.39, 0.29) is 28.1 Å². The Hall–Kier alpha value is -5.08. The van der Waals surface area contributed by atoms with Gasteiger partial charge in [-0.1, -0.05) is 17.4 Å². The third-order valence-electron chi connectivity index (χ3n) is 5.67. The molecule has 6 aromatic rings. The van der Waals surface area contributed by atoms with Crippen LogP contribution in [0, 0.1) is 15.9 Å². The second-order valence-corrected chi connectivity index (χ2v) is 9.30. The Bertz CT molecular complexity index is 1900. The van der Waals surface area contributed by atoms with Crippen molar-refractivity contribution in [1.82, 2.24) is 24.7 Å². The summed E-state index contributed by atoms with van der Waals surface area (Å²) in [6.45, 7) is 0.205. The number of hydrogen-bond acceptors (Lipinski definition) is 10. The van der Waals surface area contributed by atoms with Crippen molar-refractivity contribution in [2.24, 2.45) is 0 Å². The van der Waals surface area contributed by atoms with Crippen LogP contribution >= 0.6 is 11.3 Å². The molecule has 4 aromatic heterocycles. The Morgan fingerprint density at radius 2 is 2.05 bits per heavy atom. The van der Waals surface area contributed by atoms with Crippen molar-refractivity contribution in [3.05, 3.63) is 87.5 Å². The molecule has 0 saturated heterocycles. The van der Waals surface area contributed by atoms with E-state index in [1.54, 1.807) is 30.3 Å². The minimum absolute atomic E-state index is 0.124. The number of methoxy groups -OCH3 is 1. The molecule has 1 amide bonds. The maximum atomic E-state index is 14.0. The number of hydrogen-bond donors (Lipinski definition) is 1. The van der Waals surface area contributed by atoms with Crippen LogP contribution in [0.25, 0.3) is 39.2 Å². The lowest BCUT2D eigenvalue weighted by molar-refractivity contribution is -0.380. The van der Waals surface area contributed by atoms with Gasteiger partial charge in [0, 0.05) is 18.7 Å². The van der Waals surface area contributed by atoms with Crippen LogP contribution in [0.2, 0.25) is 0 Å². The average molecular weight is 546 g/mol. The summed E-state index contributed by atoms with van der Waals surface area (Å²) in [7, 11) is 1.54. The van der Waals surface area contributed by atoms with Gasteiger partial charge in [0.05, 0.1) is 27.1 Å². The zero-order valence-electron chi connectivity index (χ0n) is 20.0. The molecule has 194 valence electrons. The Labute approximate surface area is 221 Å². The number of amides is 1. The molecule has 0 saturated carbocycles. The first kappa shape index (κ1) is 24.3. The molecular formula is C25H16FN7O5S. The SMILES string of the molecule is COCc1nc2cc(-c3nc(NC(=O)c4ccc([N+](=O)[O-])s4)c4cnn(-c5cccc(F)c5)c4n3)ccc2o1. The molecule has 0 fully saturated rings. The minimum Gasteiger partial charge on any atom is -0.438 e. The van der Waals surface area contributed by atoms with Crippen LogP contribution in [0.15, 0.2) is 65.2 Å². The number of aromatic nitrogens is 5. The molecule has 4 heterocycles. The standard InChI is InChI=1S/C25H16FN7O5S/c1-37-12-20-28-17-9-13(5-6-18(17)38-20)22-29-23(31-25(34)19-7-8-21(39-19)33(35)36)16-11-27-32(24(16)30-22)15-4-2-3-14(26)10-15/h2-11H,12H2,1H3,(H,29,30,31,34). The van der Waals surface area contributed by atoms with Gasteiger partial charge >= 0.3 is 5.00 Å². The number of fused-ring (bicyclic) bond motifs is 2. The van der Waals surface area contributed by atoms with E-state index >= 15 is 0 Å². The molecule has 39 heavy (non-hydrogen) atoms. The van der Waals surface area contributed by atoms with Gasteiger partial charge in [-0.05, 0) is 42.5 Å². The van der Waals surface area contributed by atoms with Crippen LogP contribution in [0.5, 0.6) is 0 Å². The van der Waals surface area contributed by atoms with Crippen molar-refractivity contribution in [2.75, 3.05) is 12.4 Å². The van der Waals surface area contributed by atoms with Gasteiger partial charge < -0.3 is 14.5 Å². The number of halogens is 1. The summed E-state index contributed by atoms with van der Waals surface area (Å²) in [6, 6.07) is 13.6. The lowest BCUT2D eigenvalue weighted by Crippen LogP contribution is -2.12. The fourth-order valence-corrected chi connectivity index (χ4v) is 4.66. The number of nitrogens with zero attached hydrogens (tertiary/aromatic N) is 6. The second-order valence-electron chi connectivity index (χ2n) is 8.24. The first-order chi connectivity index (χ1) is 18.9. The largest absolute Gasteiger partial charge is 0.438 e. The van der Waals surface area contributed by atoms with Crippen molar-refractivity contribution in [2.45, 2.75) is 6.61 Å². The van der Waals surface area contributed by atoms with Gasteiger partial charge in [-0.25, -0.2) is 24.0 Å². The lowest BCUT2D eigenvalue weighted by Gasteiger charge is -2.09. The quantitative estimate of drug-likeness (QED) is 0.213. The van der Waals surface area contributed by atoms with E-state index in [0.717, 1.165) is 11.3 Å². The summed E-state index contributed by atoms with van der Waals surface area (Å²) in [5.41, 5.74) is 2.38. The molecule has 0 aliphatic rings. The highest BCUT2D eigenvalue weighted by Gasteiger charge is 2.21. The Balaban J connectivity index is 1.48. The van der Waals surface area contributed by atoms with E-state index in [1.807, 2.05) is 0 Å². The fourth-order valence-electron chi connectivity index (χ4n) is 3.95. The van der Waals surface area contributed by atoms with Crippen molar-refractivity contribution < 1.29 is 23.3 Å². The van der Waals surface area contributed by atoms with Gasteiger partial charge in [-0.15, -0.1) is 0 Å². The third kappa shape index (κ3) is 4.58. The smallest absolute Gasteiger partial charge is 0.324 e. The van der Waals surface area contributed by atoms with Crippen molar-refractivity contribution in [3.8, 4) is 17.1 Å². The maximum absolute atomic E-state index is 14.0. The first-order valence-corrected chi connectivity index (χ1v) is 12.2. The maximum Gasteiger partial charge on any atom is 0.324 e. The van der Waals surface area contributed by atoms with Gasteiger partial charge in [0.15, 0.2) is 17.1 Å². The molecule has 1 N–H and O–H groups in total. The Kier molecular flexibility index (Phi) is 6.01. The predicted molar refractivity (Wildman–Crippen MR) is 139 cm³/mol. The minimum atomic E-state index is -0.589. The van der Waals surface area contributed by atoms with Crippen LogP contribution in [0.3, 0.4) is 0 Å². The third-order valence-corrected chi connectivity index (χ3v) is 6.70. The Morgan fingerprint density at radius 1 is 1.18 bits per heavy atom. The zero-order valence-corrected chi connectivity index (χ0v) is 20.8. The molecule has 2 aromatic carbocycles. The number of nitrogens with one attached hydrogen (secondary N) is 1. The highest BCUT2D eigenvalue weighted by Crippen LogP contribution is 2.30. The topological polar surface area (TPSA) is 151 Å². The van der Waals surface area contributed by atoms with Crippen LogP contribution in [-0.2, 0) is 11.3 Å². The van der Waals surface area contributed by atoms with Gasteiger partial charge in [-0.2, -0.15) is 5.10 Å². The van der Waals surface area contributed by atoms with E-state index in [9.17, 15) is 19.3 Å². The van der Waals surface area contributed by atoms with E-state index in [4.69, 9.17) is 9.15 Å². The van der Waals surface area contributed by atoms with E-state index in [0.29, 0.717) is 39.3 Å². The summed E-state index contributed by atoms with van der Waals surface area (Å²) < 4.78 is 26.2. The normalized spacial score (nSPS) is 11.3. The van der Waals surface area contributed by atoms with Crippen LogP contribution in [0.1, 0.15) is 15.6 Å². The summed E-state index contributed by atoms with van der Waals surface area (Å²) in [5, 5.41) is 18.4. The first-order valence-electron chi connectivity index (χ1n) is 11.4. The lowest BCUT2D eigenvalue weighted by atomic mass is 10.2. The number of carbonyl (C=O) groups is 1. The van der Waals surface area contributed by atoms with E-state index < -0.39 is 16.6 Å². The van der Waals surface area contributed by atoms with E-state index in [1.165, 1.54) is 42.3 Å². The van der Waals surface area contributed by atoms with Crippen LogP contribution < -0.4 is 5.32 Å². The molecule has 6 rings (SSSR count).